The Kier molecular flexibility index (Phi) is 3.62. The fraction of sp³-hybridized carbons (Fsp3) is 0.917. The second-order valence-corrected chi connectivity index (χ2v) is 5.03. The lowest BCUT2D eigenvalue weighted by Crippen LogP contribution is -2.41. The summed E-state index contributed by atoms with van der Waals surface area (Å²) in [4.78, 5) is 11.9. The number of rotatable bonds is 3. The molecule has 1 aliphatic carbocycles. The quantitative estimate of drug-likeness (QED) is 0.737. The fourth-order valence-corrected chi connectivity index (χ4v) is 2.80. The Hall–Kier alpha value is -0.570. The van der Waals surface area contributed by atoms with Crippen LogP contribution in [0.15, 0.2) is 0 Å². The summed E-state index contributed by atoms with van der Waals surface area (Å²) >= 11 is 0. The van der Waals surface area contributed by atoms with Crippen molar-refractivity contribution >= 4 is 5.91 Å². The number of carbonyl (C=O) groups is 1. The van der Waals surface area contributed by atoms with Crippen molar-refractivity contribution in [2.75, 3.05) is 13.1 Å². The van der Waals surface area contributed by atoms with Crippen LogP contribution in [-0.2, 0) is 4.79 Å². The van der Waals surface area contributed by atoms with E-state index < -0.39 is 0 Å². The number of hydrogen-bond donors (Lipinski definition) is 2. The van der Waals surface area contributed by atoms with E-state index in [0.29, 0.717) is 6.04 Å². The second kappa shape index (κ2) is 4.97. The Labute approximate surface area is 92.0 Å². The lowest BCUT2D eigenvalue weighted by molar-refractivity contribution is -0.125. The van der Waals surface area contributed by atoms with Crippen molar-refractivity contribution in [2.45, 2.75) is 45.1 Å². The van der Waals surface area contributed by atoms with Gasteiger partial charge in [-0.3, -0.25) is 4.79 Å². The Morgan fingerprint density at radius 1 is 1.33 bits per heavy atom. The van der Waals surface area contributed by atoms with Crippen molar-refractivity contribution in [3.8, 4) is 0 Å². The van der Waals surface area contributed by atoms with Gasteiger partial charge < -0.3 is 10.6 Å². The average Bonchev–Trinajstić information content (AvgIpc) is 2.91. The Morgan fingerprint density at radius 2 is 2.07 bits per heavy atom. The average molecular weight is 210 g/mol. The summed E-state index contributed by atoms with van der Waals surface area (Å²) in [6, 6.07) is 0.376. The van der Waals surface area contributed by atoms with Gasteiger partial charge in [0.2, 0.25) is 5.91 Å². The summed E-state index contributed by atoms with van der Waals surface area (Å²) in [6.07, 6.45) is 6.28. The monoisotopic (exact) mass is 210 g/mol. The van der Waals surface area contributed by atoms with Gasteiger partial charge in [0.15, 0.2) is 0 Å². The van der Waals surface area contributed by atoms with Crippen molar-refractivity contribution in [3.05, 3.63) is 0 Å². The van der Waals surface area contributed by atoms with Gasteiger partial charge in [0.1, 0.15) is 0 Å². The van der Waals surface area contributed by atoms with Crippen LogP contribution in [0.1, 0.15) is 39.0 Å². The van der Waals surface area contributed by atoms with Gasteiger partial charge in [-0.1, -0.05) is 12.8 Å². The molecule has 1 saturated carbocycles. The first kappa shape index (κ1) is 10.9. The molecular formula is C12H22N2O. The van der Waals surface area contributed by atoms with Crippen LogP contribution in [0.25, 0.3) is 0 Å². The smallest absolute Gasteiger partial charge is 0.224 e. The molecular weight excluding hydrogens is 188 g/mol. The van der Waals surface area contributed by atoms with Crippen LogP contribution in [0, 0.1) is 11.8 Å². The zero-order valence-corrected chi connectivity index (χ0v) is 9.59. The van der Waals surface area contributed by atoms with E-state index in [0.717, 1.165) is 25.4 Å². The summed E-state index contributed by atoms with van der Waals surface area (Å²) in [5.74, 6) is 1.21. The molecule has 0 aromatic carbocycles. The van der Waals surface area contributed by atoms with Crippen LogP contribution in [-0.4, -0.2) is 25.0 Å². The Balaban J connectivity index is 1.77. The zero-order chi connectivity index (χ0) is 10.7. The highest BCUT2D eigenvalue weighted by Gasteiger charge is 2.27. The predicted molar refractivity (Wildman–Crippen MR) is 60.5 cm³/mol. The molecule has 0 radical (unpaired) electrons. The van der Waals surface area contributed by atoms with Gasteiger partial charge in [0, 0.05) is 12.6 Å². The number of nitrogens with one attached hydrogen (secondary N) is 2. The van der Waals surface area contributed by atoms with Crippen LogP contribution >= 0.6 is 0 Å². The van der Waals surface area contributed by atoms with Crippen LogP contribution in [0.5, 0.6) is 0 Å². The zero-order valence-electron chi connectivity index (χ0n) is 9.59. The highest BCUT2D eigenvalue weighted by Crippen LogP contribution is 2.27. The lowest BCUT2D eigenvalue weighted by atomic mass is 9.98. The molecule has 0 spiro atoms. The van der Waals surface area contributed by atoms with E-state index in [-0.39, 0.29) is 11.8 Å². The summed E-state index contributed by atoms with van der Waals surface area (Å²) in [7, 11) is 0. The van der Waals surface area contributed by atoms with Gasteiger partial charge in [-0.15, -0.1) is 0 Å². The molecule has 1 amide bonds. The van der Waals surface area contributed by atoms with E-state index in [2.05, 4.69) is 17.6 Å². The van der Waals surface area contributed by atoms with E-state index in [1.54, 1.807) is 0 Å². The first-order valence-corrected chi connectivity index (χ1v) is 6.28. The molecule has 1 aliphatic heterocycles. The van der Waals surface area contributed by atoms with Crippen molar-refractivity contribution in [1.29, 1.82) is 0 Å². The molecule has 86 valence electrons. The van der Waals surface area contributed by atoms with Gasteiger partial charge in [0.05, 0.1) is 5.92 Å². The first-order chi connectivity index (χ1) is 7.27. The SMILES string of the molecule is C[C@@H](NC(=O)C1CCNC1)C1CCCC1. The number of hydrogen-bond acceptors (Lipinski definition) is 2. The van der Waals surface area contributed by atoms with Crippen molar-refractivity contribution in [2.24, 2.45) is 11.8 Å². The number of carbonyl (C=O) groups excluding carboxylic acids is 1. The predicted octanol–water partition coefficient (Wildman–Crippen LogP) is 1.29. The van der Waals surface area contributed by atoms with Gasteiger partial charge >= 0.3 is 0 Å². The fourth-order valence-electron chi connectivity index (χ4n) is 2.80. The van der Waals surface area contributed by atoms with E-state index >= 15 is 0 Å². The third kappa shape index (κ3) is 2.71. The van der Waals surface area contributed by atoms with E-state index in [1.165, 1.54) is 25.7 Å². The Morgan fingerprint density at radius 3 is 2.67 bits per heavy atom. The van der Waals surface area contributed by atoms with Crippen molar-refractivity contribution in [1.82, 2.24) is 10.6 Å². The number of amides is 1. The molecule has 2 rings (SSSR count). The van der Waals surface area contributed by atoms with Crippen LogP contribution < -0.4 is 10.6 Å². The molecule has 1 heterocycles. The van der Waals surface area contributed by atoms with E-state index in [9.17, 15) is 4.79 Å². The Bertz CT molecular complexity index is 218. The van der Waals surface area contributed by atoms with Crippen LogP contribution in [0.3, 0.4) is 0 Å². The largest absolute Gasteiger partial charge is 0.353 e. The third-order valence-corrected chi connectivity index (χ3v) is 3.91. The molecule has 2 fully saturated rings. The molecule has 1 saturated heterocycles. The lowest BCUT2D eigenvalue weighted by Gasteiger charge is -2.22. The summed E-state index contributed by atoms with van der Waals surface area (Å²) < 4.78 is 0. The van der Waals surface area contributed by atoms with Gasteiger partial charge in [0.25, 0.3) is 0 Å². The molecule has 1 unspecified atom stereocenters. The minimum Gasteiger partial charge on any atom is -0.353 e. The van der Waals surface area contributed by atoms with Gasteiger partial charge in [-0.25, -0.2) is 0 Å². The van der Waals surface area contributed by atoms with Crippen LogP contribution in [0.4, 0.5) is 0 Å². The third-order valence-electron chi connectivity index (χ3n) is 3.91. The molecule has 2 atom stereocenters. The second-order valence-electron chi connectivity index (χ2n) is 5.03. The molecule has 3 nitrogen and oxygen atoms in total. The summed E-state index contributed by atoms with van der Waals surface area (Å²) in [5.41, 5.74) is 0. The highest BCUT2D eigenvalue weighted by molar-refractivity contribution is 5.79. The molecule has 15 heavy (non-hydrogen) atoms. The minimum atomic E-state index is 0.217. The summed E-state index contributed by atoms with van der Waals surface area (Å²) in [6.45, 7) is 4.02. The molecule has 2 aliphatic rings. The molecule has 0 aromatic heterocycles. The standard InChI is InChI=1S/C12H22N2O/c1-9(10-4-2-3-5-10)14-12(15)11-6-7-13-8-11/h9-11,13H,2-8H2,1H3,(H,14,15)/t9-,11?/m1/s1. The van der Waals surface area contributed by atoms with Gasteiger partial charge in [-0.2, -0.15) is 0 Å². The van der Waals surface area contributed by atoms with Crippen molar-refractivity contribution in [3.63, 3.8) is 0 Å². The molecule has 0 bridgehead atoms. The minimum absolute atomic E-state index is 0.217. The summed E-state index contributed by atoms with van der Waals surface area (Å²) in [5, 5.41) is 6.42. The van der Waals surface area contributed by atoms with Crippen molar-refractivity contribution < 1.29 is 4.79 Å². The highest BCUT2D eigenvalue weighted by atomic mass is 16.2. The normalized spacial score (nSPS) is 29.3. The maximum Gasteiger partial charge on any atom is 0.224 e. The topological polar surface area (TPSA) is 41.1 Å². The van der Waals surface area contributed by atoms with E-state index in [4.69, 9.17) is 0 Å². The molecule has 3 heteroatoms. The maximum absolute atomic E-state index is 11.9. The van der Waals surface area contributed by atoms with E-state index in [1.807, 2.05) is 0 Å². The van der Waals surface area contributed by atoms with Crippen LogP contribution in [0.2, 0.25) is 0 Å². The van der Waals surface area contributed by atoms with Gasteiger partial charge in [-0.05, 0) is 38.6 Å². The molecule has 0 aromatic rings. The first-order valence-electron chi connectivity index (χ1n) is 6.28. The maximum atomic E-state index is 11.9. The molecule has 2 N–H and O–H groups in total.